The number of rotatable bonds is 8. The van der Waals surface area contributed by atoms with Crippen molar-refractivity contribution in [3.63, 3.8) is 0 Å². The number of hydrogen-bond acceptors (Lipinski definition) is 4. The van der Waals surface area contributed by atoms with Gasteiger partial charge in [0.1, 0.15) is 5.82 Å². The van der Waals surface area contributed by atoms with Crippen molar-refractivity contribution in [2.45, 2.75) is 12.8 Å². The molecule has 0 amide bonds. The van der Waals surface area contributed by atoms with Crippen molar-refractivity contribution in [3.8, 4) is 11.3 Å². The van der Waals surface area contributed by atoms with E-state index in [0.29, 0.717) is 28.3 Å². The molecule has 1 heterocycles. The Morgan fingerprint density at radius 3 is 3.00 bits per heavy atom. The topological polar surface area (TPSA) is 47.3 Å². The second kappa shape index (κ2) is 8.26. The number of oxazole rings is 1. The fraction of sp³-hybridized carbons (Fsp3) is 0.400. The normalized spacial score (nSPS) is 11.0. The fourth-order valence-corrected chi connectivity index (χ4v) is 2.12. The lowest BCUT2D eigenvalue weighted by atomic mass is 10.2. The highest BCUT2D eigenvalue weighted by Gasteiger charge is 2.08. The van der Waals surface area contributed by atoms with Crippen LogP contribution in [0.25, 0.3) is 11.3 Å². The predicted molar refractivity (Wildman–Crippen MR) is 82.7 cm³/mol. The van der Waals surface area contributed by atoms with E-state index < -0.39 is 0 Å². The third-order valence-corrected chi connectivity index (χ3v) is 3.63. The van der Waals surface area contributed by atoms with E-state index in [1.165, 1.54) is 6.07 Å². The zero-order chi connectivity index (χ0) is 15.1. The lowest BCUT2D eigenvalue weighted by Crippen LogP contribution is -2.20. The minimum absolute atomic E-state index is 0.312. The Labute approximate surface area is 131 Å². The van der Waals surface area contributed by atoms with Gasteiger partial charge in [-0.05, 0) is 47.1 Å². The van der Waals surface area contributed by atoms with Crippen LogP contribution in [-0.2, 0) is 11.2 Å². The van der Waals surface area contributed by atoms with Crippen LogP contribution in [-0.4, -0.2) is 31.8 Å². The van der Waals surface area contributed by atoms with E-state index in [1.54, 1.807) is 25.4 Å². The molecule has 0 aliphatic carbocycles. The summed E-state index contributed by atoms with van der Waals surface area (Å²) >= 11 is 3.13. The Morgan fingerprint density at radius 1 is 1.38 bits per heavy atom. The number of nitrogens with zero attached hydrogens (tertiary/aromatic N) is 1. The fourth-order valence-electron chi connectivity index (χ4n) is 1.87. The Morgan fingerprint density at radius 2 is 2.24 bits per heavy atom. The molecule has 0 fully saturated rings. The zero-order valence-corrected chi connectivity index (χ0v) is 13.5. The van der Waals surface area contributed by atoms with E-state index in [4.69, 9.17) is 9.15 Å². The maximum Gasteiger partial charge on any atom is 0.194 e. The molecular formula is C15H18BrFN2O2. The van der Waals surface area contributed by atoms with E-state index in [0.717, 1.165) is 25.9 Å². The molecule has 0 spiro atoms. The van der Waals surface area contributed by atoms with Gasteiger partial charge < -0.3 is 14.5 Å². The van der Waals surface area contributed by atoms with Crippen LogP contribution in [0.4, 0.5) is 4.39 Å². The highest BCUT2D eigenvalue weighted by molar-refractivity contribution is 9.10. The first-order valence-corrected chi connectivity index (χ1v) is 7.60. The molecule has 4 nitrogen and oxygen atoms in total. The summed E-state index contributed by atoms with van der Waals surface area (Å²) in [6.07, 6.45) is 3.31. The molecule has 1 N–H and O–H groups in total. The lowest BCUT2D eigenvalue weighted by Gasteiger charge is -2.02. The van der Waals surface area contributed by atoms with Gasteiger partial charge >= 0.3 is 0 Å². The molecule has 0 aliphatic rings. The number of aryl methyl sites for hydroxylation is 1. The molecular weight excluding hydrogens is 339 g/mol. The van der Waals surface area contributed by atoms with Crippen molar-refractivity contribution in [3.05, 3.63) is 40.6 Å². The molecule has 0 saturated heterocycles. The molecule has 2 aromatic rings. The molecule has 114 valence electrons. The second-order valence-corrected chi connectivity index (χ2v) is 5.45. The van der Waals surface area contributed by atoms with Crippen LogP contribution < -0.4 is 5.32 Å². The molecule has 6 heteroatoms. The highest BCUT2D eigenvalue weighted by Crippen LogP contribution is 2.25. The maximum absolute atomic E-state index is 13.5. The second-order valence-electron chi connectivity index (χ2n) is 4.59. The highest BCUT2D eigenvalue weighted by atomic mass is 79.9. The van der Waals surface area contributed by atoms with Crippen molar-refractivity contribution in [1.29, 1.82) is 0 Å². The number of aromatic nitrogens is 1. The number of nitrogens with one attached hydrogen (secondary N) is 1. The van der Waals surface area contributed by atoms with Gasteiger partial charge in [0.05, 0.1) is 17.3 Å². The van der Waals surface area contributed by atoms with Gasteiger partial charge in [-0.2, -0.15) is 0 Å². The average Bonchev–Trinajstić information content (AvgIpc) is 2.94. The monoisotopic (exact) mass is 356 g/mol. The van der Waals surface area contributed by atoms with Crippen LogP contribution in [0.1, 0.15) is 12.3 Å². The van der Waals surface area contributed by atoms with E-state index in [2.05, 4.69) is 26.2 Å². The number of benzene rings is 1. The third kappa shape index (κ3) is 4.91. The van der Waals surface area contributed by atoms with Gasteiger partial charge in [0.25, 0.3) is 0 Å². The summed E-state index contributed by atoms with van der Waals surface area (Å²) in [4.78, 5) is 4.23. The van der Waals surface area contributed by atoms with E-state index in [9.17, 15) is 4.39 Å². The van der Waals surface area contributed by atoms with Crippen LogP contribution in [0.3, 0.4) is 0 Å². The molecule has 0 saturated carbocycles. The van der Waals surface area contributed by atoms with Crippen LogP contribution in [0.15, 0.2) is 33.3 Å². The minimum Gasteiger partial charge on any atom is -0.441 e. The summed E-state index contributed by atoms with van der Waals surface area (Å²) in [5.41, 5.74) is 0.688. The molecule has 0 unspecified atom stereocenters. The van der Waals surface area contributed by atoms with Crippen molar-refractivity contribution >= 4 is 15.9 Å². The standard InChI is InChI=1S/C15H18BrFN2O2/c1-20-8-7-18-6-2-3-15-19-10-14(21-15)11-4-5-12(16)13(17)9-11/h4-5,9-10,18H,2-3,6-8H2,1H3. The van der Waals surface area contributed by atoms with Crippen LogP contribution >= 0.6 is 15.9 Å². The van der Waals surface area contributed by atoms with E-state index in [-0.39, 0.29) is 5.82 Å². The first-order chi connectivity index (χ1) is 10.2. The van der Waals surface area contributed by atoms with Gasteiger partial charge in [-0.3, -0.25) is 0 Å². The number of methoxy groups -OCH3 is 1. The van der Waals surface area contributed by atoms with Gasteiger partial charge in [0.2, 0.25) is 0 Å². The van der Waals surface area contributed by atoms with Crippen molar-refractivity contribution in [1.82, 2.24) is 10.3 Å². The van der Waals surface area contributed by atoms with Crippen molar-refractivity contribution in [2.75, 3.05) is 26.8 Å². The van der Waals surface area contributed by atoms with Crippen LogP contribution in [0.5, 0.6) is 0 Å². The average molecular weight is 357 g/mol. The Kier molecular flexibility index (Phi) is 6.35. The number of ether oxygens (including phenoxy) is 1. The van der Waals surface area contributed by atoms with Gasteiger partial charge in [-0.25, -0.2) is 9.37 Å². The molecule has 0 bridgehead atoms. The summed E-state index contributed by atoms with van der Waals surface area (Å²) in [5, 5.41) is 3.26. The van der Waals surface area contributed by atoms with Crippen LogP contribution in [0, 0.1) is 5.82 Å². The Bertz CT molecular complexity index is 575. The van der Waals surface area contributed by atoms with E-state index in [1.807, 2.05) is 0 Å². The first kappa shape index (κ1) is 16.1. The molecule has 1 aromatic heterocycles. The molecule has 0 radical (unpaired) electrons. The lowest BCUT2D eigenvalue weighted by molar-refractivity contribution is 0.199. The molecule has 21 heavy (non-hydrogen) atoms. The predicted octanol–water partition coefficient (Wildman–Crippen LogP) is 3.41. The third-order valence-electron chi connectivity index (χ3n) is 2.98. The Hall–Kier alpha value is -1.24. The summed E-state index contributed by atoms with van der Waals surface area (Å²) in [6.45, 7) is 2.43. The van der Waals surface area contributed by atoms with Gasteiger partial charge in [-0.1, -0.05) is 0 Å². The first-order valence-electron chi connectivity index (χ1n) is 6.80. The SMILES string of the molecule is COCCNCCCc1ncc(-c2ccc(Br)c(F)c2)o1. The summed E-state index contributed by atoms with van der Waals surface area (Å²) in [6, 6.07) is 4.89. The summed E-state index contributed by atoms with van der Waals surface area (Å²) in [5.74, 6) is 0.943. The van der Waals surface area contributed by atoms with Gasteiger partial charge in [0, 0.05) is 25.6 Å². The summed E-state index contributed by atoms with van der Waals surface area (Å²) < 4.78 is 24.5. The van der Waals surface area contributed by atoms with Gasteiger partial charge in [-0.15, -0.1) is 0 Å². The largest absolute Gasteiger partial charge is 0.441 e. The Balaban J connectivity index is 1.85. The van der Waals surface area contributed by atoms with Crippen molar-refractivity contribution < 1.29 is 13.5 Å². The molecule has 0 atom stereocenters. The molecule has 2 rings (SSSR count). The van der Waals surface area contributed by atoms with Gasteiger partial charge in [0.15, 0.2) is 11.7 Å². The smallest absolute Gasteiger partial charge is 0.194 e. The van der Waals surface area contributed by atoms with Crippen molar-refractivity contribution in [2.24, 2.45) is 0 Å². The maximum atomic E-state index is 13.5. The zero-order valence-electron chi connectivity index (χ0n) is 11.9. The number of halogens is 2. The number of hydrogen-bond donors (Lipinski definition) is 1. The quantitative estimate of drug-likeness (QED) is 0.736. The molecule has 0 aliphatic heterocycles. The summed E-state index contributed by atoms with van der Waals surface area (Å²) in [7, 11) is 1.68. The van der Waals surface area contributed by atoms with Crippen LogP contribution in [0.2, 0.25) is 0 Å². The van der Waals surface area contributed by atoms with E-state index >= 15 is 0 Å². The molecule has 1 aromatic carbocycles. The minimum atomic E-state index is -0.312.